The topological polar surface area (TPSA) is 28.2 Å². The summed E-state index contributed by atoms with van der Waals surface area (Å²) in [4.78, 5) is 6.57. The maximum Gasteiger partial charge on any atom is 0.0386 e. The Balaban J connectivity index is 2.16. The van der Waals surface area contributed by atoms with E-state index in [0.29, 0.717) is 6.04 Å². The second-order valence-corrected chi connectivity index (χ2v) is 4.78. The van der Waals surface area contributed by atoms with Crippen LogP contribution in [0.3, 0.4) is 0 Å². The third-order valence-corrected chi connectivity index (χ3v) is 3.41. The molecule has 1 aromatic rings. The summed E-state index contributed by atoms with van der Waals surface area (Å²) in [7, 11) is 4.33. The van der Waals surface area contributed by atoms with E-state index in [4.69, 9.17) is 0 Å². The summed E-state index contributed by atoms with van der Waals surface area (Å²) in [6.45, 7) is 2.30. The highest BCUT2D eigenvalue weighted by Crippen LogP contribution is 2.31. The molecule has 0 spiro atoms. The average Bonchev–Trinajstić information content (AvgIpc) is 2.31. The molecule has 0 saturated carbocycles. The molecule has 1 aliphatic rings. The maximum atomic E-state index is 4.24. The van der Waals surface area contributed by atoms with Crippen molar-refractivity contribution in [2.24, 2.45) is 5.92 Å². The van der Waals surface area contributed by atoms with Crippen molar-refractivity contribution in [3.8, 4) is 0 Å². The van der Waals surface area contributed by atoms with Gasteiger partial charge in [-0.2, -0.15) is 0 Å². The lowest BCUT2D eigenvalue weighted by Gasteiger charge is -2.35. The highest BCUT2D eigenvalue weighted by molar-refractivity contribution is 5.15. The number of rotatable bonds is 3. The Morgan fingerprint density at radius 1 is 1.38 bits per heavy atom. The lowest BCUT2D eigenvalue weighted by atomic mass is 9.86. The van der Waals surface area contributed by atoms with Gasteiger partial charge in [-0.1, -0.05) is 6.07 Å². The monoisotopic (exact) mass is 219 g/mol. The number of pyridine rings is 1. The van der Waals surface area contributed by atoms with Gasteiger partial charge in [-0.05, 0) is 57.6 Å². The fourth-order valence-corrected chi connectivity index (χ4v) is 2.70. The molecule has 1 fully saturated rings. The SMILES string of the molecule is CN(C)C(c1cccnc1)C1CCNCC1. The predicted molar refractivity (Wildman–Crippen MR) is 66.3 cm³/mol. The molecule has 1 saturated heterocycles. The summed E-state index contributed by atoms with van der Waals surface area (Å²) in [6, 6.07) is 4.74. The Morgan fingerprint density at radius 3 is 2.69 bits per heavy atom. The van der Waals surface area contributed by atoms with Crippen molar-refractivity contribution in [1.82, 2.24) is 15.2 Å². The van der Waals surface area contributed by atoms with E-state index in [1.54, 1.807) is 0 Å². The summed E-state index contributed by atoms with van der Waals surface area (Å²) >= 11 is 0. The maximum absolute atomic E-state index is 4.24. The average molecular weight is 219 g/mol. The Hall–Kier alpha value is -0.930. The molecule has 0 aliphatic carbocycles. The predicted octanol–water partition coefficient (Wildman–Crippen LogP) is 1.68. The third kappa shape index (κ3) is 2.60. The number of hydrogen-bond donors (Lipinski definition) is 1. The van der Waals surface area contributed by atoms with Crippen LogP contribution in [0.25, 0.3) is 0 Å². The van der Waals surface area contributed by atoms with Gasteiger partial charge in [0.25, 0.3) is 0 Å². The summed E-state index contributed by atoms with van der Waals surface area (Å²) in [5.41, 5.74) is 1.35. The smallest absolute Gasteiger partial charge is 0.0386 e. The van der Waals surface area contributed by atoms with Crippen LogP contribution in [-0.4, -0.2) is 37.1 Å². The van der Waals surface area contributed by atoms with Gasteiger partial charge in [0.2, 0.25) is 0 Å². The minimum absolute atomic E-state index is 0.510. The van der Waals surface area contributed by atoms with Gasteiger partial charge in [-0.25, -0.2) is 0 Å². The van der Waals surface area contributed by atoms with Gasteiger partial charge in [-0.15, -0.1) is 0 Å². The fourth-order valence-electron chi connectivity index (χ4n) is 2.70. The van der Waals surface area contributed by atoms with Gasteiger partial charge in [0.05, 0.1) is 0 Å². The van der Waals surface area contributed by atoms with Crippen LogP contribution in [0.4, 0.5) is 0 Å². The van der Waals surface area contributed by atoms with Gasteiger partial charge in [-0.3, -0.25) is 4.98 Å². The molecule has 1 aliphatic heterocycles. The van der Waals surface area contributed by atoms with Crippen LogP contribution in [0.1, 0.15) is 24.4 Å². The highest BCUT2D eigenvalue weighted by Gasteiger charge is 2.26. The van der Waals surface area contributed by atoms with Crippen molar-refractivity contribution in [3.05, 3.63) is 30.1 Å². The van der Waals surface area contributed by atoms with Gasteiger partial charge in [0.1, 0.15) is 0 Å². The molecular weight excluding hydrogens is 198 g/mol. The van der Waals surface area contributed by atoms with Crippen LogP contribution in [0.15, 0.2) is 24.5 Å². The highest BCUT2D eigenvalue weighted by atomic mass is 15.1. The lowest BCUT2D eigenvalue weighted by molar-refractivity contribution is 0.177. The van der Waals surface area contributed by atoms with Crippen LogP contribution in [0.2, 0.25) is 0 Å². The largest absolute Gasteiger partial charge is 0.317 e. The van der Waals surface area contributed by atoms with E-state index in [1.807, 2.05) is 18.5 Å². The molecule has 16 heavy (non-hydrogen) atoms. The number of nitrogens with zero attached hydrogens (tertiary/aromatic N) is 2. The number of aromatic nitrogens is 1. The number of hydrogen-bond acceptors (Lipinski definition) is 3. The molecule has 1 atom stereocenters. The first-order valence-corrected chi connectivity index (χ1v) is 6.06. The summed E-state index contributed by atoms with van der Waals surface area (Å²) < 4.78 is 0. The first-order chi connectivity index (χ1) is 7.79. The zero-order valence-electron chi connectivity index (χ0n) is 10.2. The quantitative estimate of drug-likeness (QED) is 0.838. The van der Waals surface area contributed by atoms with Crippen LogP contribution >= 0.6 is 0 Å². The molecular formula is C13H21N3. The van der Waals surface area contributed by atoms with E-state index in [1.165, 1.54) is 18.4 Å². The molecule has 3 nitrogen and oxygen atoms in total. The molecule has 2 rings (SSSR count). The standard InChI is InChI=1S/C13H21N3/c1-16(2)13(11-5-8-14-9-6-11)12-4-3-7-15-10-12/h3-4,7,10-11,13-14H,5-6,8-9H2,1-2H3. The number of nitrogens with one attached hydrogen (secondary N) is 1. The van der Waals surface area contributed by atoms with E-state index >= 15 is 0 Å². The van der Waals surface area contributed by atoms with Crippen LogP contribution in [0.5, 0.6) is 0 Å². The molecule has 0 bridgehead atoms. The van der Waals surface area contributed by atoms with E-state index in [-0.39, 0.29) is 0 Å². The molecule has 0 amide bonds. The van der Waals surface area contributed by atoms with Crippen molar-refractivity contribution in [2.45, 2.75) is 18.9 Å². The van der Waals surface area contributed by atoms with Gasteiger partial charge in [0.15, 0.2) is 0 Å². The lowest BCUT2D eigenvalue weighted by Crippen LogP contribution is -2.36. The zero-order chi connectivity index (χ0) is 11.4. The Labute approximate surface area is 97.9 Å². The van der Waals surface area contributed by atoms with E-state index in [0.717, 1.165) is 19.0 Å². The summed E-state index contributed by atoms with van der Waals surface area (Å²) in [5, 5.41) is 3.43. The first-order valence-electron chi connectivity index (χ1n) is 6.06. The van der Waals surface area contributed by atoms with Gasteiger partial charge in [0, 0.05) is 18.4 Å². The summed E-state index contributed by atoms with van der Waals surface area (Å²) in [6.07, 6.45) is 6.38. The normalized spacial score (nSPS) is 19.9. The Bertz CT molecular complexity index is 304. The van der Waals surface area contributed by atoms with Gasteiger partial charge >= 0.3 is 0 Å². The van der Waals surface area contributed by atoms with Crippen molar-refractivity contribution in [2.75, 3.05) is 27.2 Å². The second-order valence-electron chi connectivity index (χ2n) is 4.78. The fraction of sp³-hybridized carbons (Fsp3) is 0.615. The molecule has 1 unspecified atom stereocenters. The molecule has 88 valence electrons. The van der Waals surface area contributed by atoms with E-state index < -0.39 is 0 Å². The van der Waals surface area contributed by atoms with Crippen molar-refractivity contribution >= 4 is 0 Å². The Morgan fingerprint density at radius 2 is 2.12 bits per heavy atom. The second kappa shape index (κ2) is 5.41. The molecule has 3 heteroatoms. The minimum Gasteiger partial charge on any atom is -0.317 e. The van der Waals surface area contributed by atoms with Gasteiger partial charge < -0.3 is 10.2 Å². The molecule has 0 radical (unpaired) electrons. The Kier molecular flexibility index (Phi) is 3.91. The molecule has 0 aromatic carbocycles. The van der Waals surface area contributed by atoms with E-state index in [2.05, 4.69) is 35.4 Å². The van der Waals surface area contributed by atoms with Crippen molar-refractivity contribution in [3.63, 3.8) is 0 Å². The molecule has 2 heterocycles. The summed E-state index contributed by atoms with van der Waals surface area (Å²) in [5.74, 6) is 0.750. The van der Waals surface area contributed by atoms with Crippen LogP contribution in [0, 0.1) is 5.92 Å². The number of piperidine rings is 1. The van der Waals surface area contributed by atoms with Crippen LogP contribution in [-0.2, 0) is 0 Å². The molecule has 1 N–H and O–H groups in total. The van der Waals surface area contributed by atoms with Crippen molar-refractivity contribution < 1.29 is 0 Å². The molecule has 1 aromatic heterocycles. The van der Waals surface area contributed by atoms with Crippen LogP contribution < -0.4 is 5.32 Å². The minimum atomic E-state index is 0.510. The van der Waals surface area contributed by atoms with E-state index in [9.17, 15) is 0 Å². The third-order valence-electron chi connectivity index (χ3n) is 3.41. The first kappa shape index (κ1) is 11.6. The van der Waals surface area contributed by atoms with Crippen molar-refractivity contribution in [1.29, 1.82) is 0 Å². The zero-order valence-corrected chi connectivity index (χ0v) is 10.2.